The minimum atomic E-state index is -3.86. The molecule has 8 heteroatoms. The number of hydrogen-bond donors (Lipinski definition) is 1. The SMILES string of the molecule is CC(C)Oc1ccc(S(=O)(=O)c2c(N)n(C3CCCCC3)c3nccnc23)cc1. The van der Waals surface area contributed by atoms with Gasteiger partial charge in [0, 0.05) is 18.4 Å². The summed E-state index contributed by atoms with van der Waals surface area (Å²) in [5, 5.41) is 0. The number of nitrogens with two attached hydrogens (primary N) is 1. The van der Waals surface area contributed by atoms with Crippen LogP contribution < -0.4 is 10.5 Å². The lowest BCUT2D eigenvalue weighted by atomic mass is 9.95. The number of rotatable bonds is 5. The van der Waals surface area contributed by atoms with Crippen molar-refractivity contribution in [3.05, 3.63) is 36.7 Å². The summed E-state index contributed by atoms with van der Waals surface area (Å²) in [5.74, 6) is 0.844. The second-order valence-corrected chi connectivity index (χ2v) is 9.63. The number of anilines is 1. The summed E-state index contributed by atoms with van der Waals surface area (Å²) in [7, 11) is -3.86. The van der Waals surface area contributed by atoms with Crippen LogP contribution in [0, 0.1) is 0 Å². The Morgan fingerprint density at radius 2 is 1.72 bits per heavy atom. The second kappa shape index (κ2) is 7.67. The minimum absolute atomic E-state index is 0.0110. The van der Waals surface area contributed by atoms with Crippen LogP contribution in [0.3, 0.4) is 0 Å². The highest BCUT2D eigenvalue weighted by Gasteiger charge is 2.32. The second-order valence-electron chi connectivity index (χ2n) is 7.75. The van der Waals surface area contributed by atoms with E-state index in [-0.39, 0.29) is 27.8 Å². The van der Waals surface area contributed by atoms with Crippen molar-refractivity contribution in [3.8, 4) is 5.75 Å². The van der Waals surface area contributed by atoms with Crippen LogP contribution in [0.1, 0.15) is 52.0 Å². The molecule has 0 amide bonds. The smallest absolute Gasteiger partial charge is 0.212 e. The fourth-order valence-corrected chi connectivity index (χ4v) is 5.58. The van der Waals surface area contributed by atoms with E-state index in [1.807, 2.05) is 18.4 Å². The first-order valence-corrected chi connectivity index (χ1v) is 11.5. The highest BCUT2D eigenvalue weighted by Crippen LogP contribution is 2.40. The lowest BCUT2D eigenvalue weighted by molar-refractivity contribution is 0.242. The molecule has 0 bridgehead atoms. The molecule has 1 aliphatic carbocycles. The summed E-state index contributed by atoms with van der Waals surface area (Å²) in [6.07, 6.45) is 8.42. The summed E-state index contributed by atoms with van der Waals surface area (Å²) in [6, 6.07) is 6.57. The molecule has 154 valence electrons. The van der Waals surface area contributed by atoms with E-state index >= 15 is 0 Å². The maximum atomic E-state index is 13.5. The Hall–Kier alpha value is -2.61. The fraction of sp³-hybridized carbons (Fsp3) is 0.429. The summed E-state index contributed by atoms with van der Waals surface area (Å²) < 4.78 is 34.5. The fourth-order valence-electron chi connectivity index (χ4n) is 4.07. The van der Waals surface area contributed by atoms with Gasteiger partial charge in [0.05, 0.1) is 11.0 Å². The molecule has 3 aromatic rings. The molecule has 0 atom stereocenters. The number of ether oxygens (including phenoxy) is 1. The number of aromatic nitrogens is 3. The van der Waals surface area contributed by atoms with Crippen LogP contribution in [0.5, 0.6) is 5.75 Å². The molecule has 0 aliphatic heterocycles. The van der Waals surface area contributed by atoms with E-state index in [2.05, 4.69) is 9.97 Å². The van der Waals surface area contributed by atoms with Crippen molar-refractivity contribution in [2.75, 3.05) is 5.73 Å². The third-order valence-electron chi connectivity index (χ3n) is 5.33. The van der Waals surface area contributed by atoms with Crippen LogP contribution in [-0.4, -0.2) is 29.1 Å². The first-order chi connectivity index (χ1) is 13.9. The van der Waals surface area contributed by atoms with Crippen molar-refractivity contribution < 1.29 is 13.2 Å². The van der Waals surface area contributed by atoms with Crippen LogP contribution in [0.15, 0.2) is 46.5 Å². The van der Waals surface area contributed by atoms with Gasteiger partial charge in [0.1, 0.15) is 22.0 Å². The van der Waals surface area contributed by atoms with Crippen molar-refractivity contribution in [2.24, 2.45) is 0 Å². The summed E-state index contributed by atoms with van der Waals surface area (Å²) in [4.78, 5) is 8.97. The number of hydrogen-bond acceptors (Lipinski definition) is 6. The highest BCUT2D eigenvalue weighted by atomic mass is 32.2. The van der Waals surface area contributed by atoms with Gasteiger partial charge in [-0.15, -0.1) is 0 Å². The molecule has 2 heterocycles. The van der Waals surface area contributed by atoms with E-state index in [1.54, 1.807) is 30.5 Å². The molecule has 1 fully saturated rings. The van der Waals surface area contributed by atoms with E-state index < -0.39 is 9.84 Å². The van der Waals surface area contributed by atoms with Crippen LogP contribution in [0.2, 0.25) is 0 Å². The molecular formula is C21H26N4O3S. The zero-order valence-electron chi connectivity index (χ0n) is 16.7. The minimum Gasteiger partial charge on any atom is -0.491 e. The van der Waals surface area contributed by atoms with Gasteiger partial charge in [-0.1, -0.05) is 19.3 Å². The van der Waals surface area contributed by atoms with Crippen LogP contribution in [0.25, 0.3) is 11.2 Å². The number of fused-ring (bicyclic) bond motifs is 1. The molecule has 4 rings (SSSR count). The van der Waals surface area contributed by atoms with E-state index in [4.69, 9.17) is 10.5 Å². The Balaban J connectivity index is 1.83. The van der Waals surface area contributed by atoms with Crippen molar-refractivity contribution in [3.63, 3.8) is 0 Å². The molecular weight excluding hydrogens is 388 g/mol. The van der Waals surface area contributed by atoms with Gasteiger partial charge in [0.15, 0.2) is 5.65 Å². The molecule has 1 aliphatic rings. The molecule has 0 spiro atoms. The van der Waals surface area contributed by atoms with Gasteiger partial charge in [0.25, 0.3) is 0 Å². The van der Waals surface area contributed by atoms with Gasteiger partial charge in [0.2, 0.25) is 9.84 Å². The third-order valence-corrected chi connectivity index (χ3v) is 7.16. The molecule has 7 nitrogen and oxygen atoms in total. The summed E-state index contributed by atoms with van der Waals surface area (Å²) in [6.45, 7) is 3.84. The molecule has 0 unspecified atom stereocenters. The van der Waals surface area contributed by atoms with Gasteiger partial charge in [-0.05, 0) is 51.0 Å². The van der Waals surface area contributed by atoms with Crippen LogP contribution in [0.4, 0.5) is 5.82 Å². The first-order valence-electron chi connectivity index (χ1n) is 10.0. The molecule has 2 N–H and O–H groups in total. The van der Waals surface area contributed by atoms with Gasteiger partial charge in [-0.2, -0.15) is 0 Å². The summed E-state index contributed by atoms with van der Waals surface area (Å²) >= 11 is 0. The maximum absolute atomic E-state index is 13.5. The summed E-state index contributed by atoms with van der Waals surface area (Å²) in [5.41, 5.74) is 7.31. The Bertz CT molecular complexity index is 1110. The largest absolute Gasteiger partial charge is 0.491 e. The lowest BCUT2D eigenvalue weighted by Gasteiger charge is -2.24. The van der Waals surface area contributed by atoms with Gasteiger partial charge >= 0.3 is 0 Å². The topological polar surface area (TPSA) is 100 Å². The molecule has 0 saturated heterocycles. The molecule has 1 saturated carbocycles. The molecule has 29 heavy (non-hydrogen) atoms. The monoisotopic (exact) mass is 414 g/mol. The predicted molar refractivity (Wildman–Crippen MR) is 112 cm³/mol. The quantitative estimate of drug-likeness (QED) is 0.673. The van der Waals surface area contributed by atoms with E-state index in [1.165, 1.54) is 12.6 Å². The van der Waals surface area contributed by atoms with Crippen molar-refractivity contribution in [1.82, 2.24) is 14.5 Å². The highest BCUT2D eigenvalue weighted by molar-refractivity contribution is 7.92. The Labute approximate surface area is 170 Å². The van der Waals surface area contributed by atoms with E-state index in [0.29, 0.717) is 16.9 Å². The van der Waals surface area contributed by atoms with Crippen LogP contribution in [-0.2, 0) is 9.84 Å². The van der Waals surface area contributed by atoms with Gasteiger partial charge < -0.3 is 15.0 Å². The van der Waals surface area contributed by atoms with Crippen LogP contribution >= 0.6 is 0 Å². The third kappa shape index (κ3) is 3.57. The average molecular weight is 415 g/mol. The van der Waals surface area contributed by atoms with Crippen molar-refractivity contribution in [2.45, 2.75) is 67.9 Å². The molecule has 0 radical (unpaired) electrons. The van der Waals surface area contributed by atoms with E-state index in [9.17, 15) is 8.42 Å². The maximum Gasteiger partial charge on any atom is 0.212 e. The Morgan fingerprint density at radius 3 is 2.38 bits per heavy atom. The number of benzene rings is 1. The van der Waals surface area contributed by atoms with Gasteiger partial charge in [-0.25, -0.2) is 18.4 Å². The number of sulfone groups is 1. The van der Waals surface area contributed by atoms with E-state index in [0.717, 1.165) is 25.7 Å². The number of nitrogen functional groups attached to an aromatic ring is 1. The van der Waals surface area contributed by atoms with Crippen molar-refractivity contribution >= 4 is 26.8 Å². The zero-order valence-corrected chi connectivity index (χ0v) is 17.5. The van der Waals surface area contributed by atoms with Crippen molar-refractivity contribution in [1.29, 1.82) is 0 Å². The average Bonchev–Trinajstić information content (AvgIpc) is 3.01. The normalized spacial score (nSPS) is 15.8. The predicted octanol–water partition coefficient (Wildman–Crippen LogP) is 4.14. The standard InChI is InChI=1S/C21H26N4O3S/c1-14(2)28-16-8-10-17(11-9-16)29(26,27)19-18-21(24-13-12-23-18)25(20(19)22)15-6-4-3-5-7-15/h8-15H,3-7,22H2,1-2H3. The first kappa shape index (κ1) is 19.7. The lowest BCUT2D eigenvalue weighted by Crippen LogP contribution is -2.16. The van der Waals surface area contributed by atoms with Gasteiger partial charge in [-0.3, -0.25) is 0 Å². The molecule has 2 aromatic heterocycles. The number of nitrogens with zero attached hydrogens (tertiary/aromatic N) is 3. The zero-order chi connectivity index (χ0) is 20.6. The Morgan fingerprint density at radius 1 is 1.07 bits per heavy atom. The molecule has 1 aromatic carbocycles. The Kier molecular flexibility index (Phi) is 5.21.